The first-order valence-electron chi connectivity index (χ1n) is 14.0. The van der Waals surface area contributed by atoms with Crippen LogP contribution >= 0.6 is 0 Å². The van der Waals surface area contributed by atoms with E-state index in [0.29, 0.717) is 28.8 Å². The second-order valence-electron chi connectivity index (χ2n) is 13.5. The number of hydrogen-bond donors (Lipinski definition) is 0. The molecule has 0 aromatic carbocycles. The Balaban J connectivity index is 1.32. The van der Waals surface area contributed by atoms with E-state index in [4.69, 9.17) is 9.47 Å². The summed E-state index contributed by atoms with van der Waals surface area (Å²) in [5, 5.41) is 0. The van der Waals surface area contributed by atoms with E-state index in [-0.39, 0.29) is 17.7 Å². The van der Waals surface area contributed by atoms with Crippen LogP contribution in [0.4, 0.5) is 0 Å². The van der Waals surface area contributed by atoms with Crippen LogP contribution in [0.5, 0.6) is 0 Å². The zero-order valence-corrected chi connectivity index (χ0v) is 21.6. The molecule has 4 saturated carbocycles. The average molecular weight is 445 g/mol. The van der Waals surface area contributed by atoms with E-state index in [0.717, 1.165) is 36.5 Å². The molecule has 1 spiro atoms. The highest BCUT2D eigenvalue weighted by Gasteiger charge is 2.78. The van der Waals surface area contributed by atoms with Crippen LogP contribution in [0, 0.1) is 46.3 Å². The van der Waals surface area contributed by atoms with E-state index < -0.39 is 0 Å². The molecule has 0 N–H and O–H groups in total. The number of carbonyl (C=O) groups is 1. The maximum absolute atomic E-state index is 11.5. The van der Waals surface area contributed by atoms with Gasteiger partial charge in [0.25, 0.3) is 0 Å². The van der Waals surface area contributed by atoms with Gasteiger partial charge in [-0.05, 0) is 97.7 Å². The number of esters is 1. The molecule has 1 heterocycles. The topological polar surface area (TPSA) is 38.8 Å². The van der Waals surface area contributed by atoms with Crippen molar-refractivity contribution in [3.05, 3.63) is 0 Å². The molecule has 5 rings (SSSR count). The fourth-order valence-corrected chi connectivity index (χ4v) is 9.98. The first kappa shape index (κ1) is 23.2. The van der Waals surface area contributed by atoms with Crippen LogP contribution < -0.4 is 0 Å². The highest BCUT2D eigenvalue weighted by molar-refractivity contribution is 5.66. The molecule has 0 amide bonds. The van der Waals surface area contributed by atoms with Gasteiger partial charge in [0, 0.05) is 6.92 Å². The van der Waals surface area contributed by atoms with Crippen LogP contribution in [-0.2, 0) is 14.3 Å². The van der Waals surface area contributed by atoms with Gasteiger partial charge in [-0.25, -0.2) is 0 Å². The number of hydrogen-bond acceptors (Lipinski definition) is 3. The van der Waals surface area contributed by atoms with E-state index in [1.807, 2.05) is 0 Å². The van der Waals surface area contributed by atoms with Gasteiger partial charge in [0.1, 0.15) is 11.7 Å². The minimum Gasteiger partial charge on any atom is -0.463 e. The van der Waals surface area contributed by atoms with Crippen molar-refractivity contribution in [3.63, 3.8) is 0 Å². The van der Waals surface area contributed by atoms with E-state index in [1.165, 1.54) is 57.8 Å². The molecular formula is C29H48O3. The molecule has 0 aromatic heterocycles. The Hall–Kier alpha value is -0.570. The summed E-state index contributed by atoms with van der Waals surface area (Å²) in [7, 11) is 0. The Bertz CT molecular complexity index is 732. The van der Waals surface area contributed by atoms with E-state index in [2.05, 4.69) is 34.6 Å². The second kappa shape index (κ2) is 7.99. The number of epoxide rings is 1. The molecule has 5 fully saturated rings. The minimum absolute atomic E-state index is 0.112. The second-order valence-corrected chi connectivity index (χ2v) is 13.5. The van der Waals surface area contributed by atoms with Gasteiger partial charge in [-0.1, -0.05) is 53.9 Å². The average Bonchev–Trinajstić information content (AvgIpc) is 3.28. The van der Waals surface area contributed by atoms with Gasteiger partial charge in [-0.2, -0.15) is 0 Å². The molecule has 1 aliphatic heterocycles. The molecule has 10 atom stereocenters. The van der Waals surface area contributed by atoms with Crippen molar-refractivity contribution < 1.29 is 14.3 Å². The summed E-state index contributed by atoms with van der Waals surface area (Å²) in [4.78, 5) is 11.5. The van der Waals surface area contributed by atoms with Crippen molar-refractivity contribution in [1.29, 1.82) is 0 Å². The zero-order valence-electron chi connectivity index (χ0n) is 21.6. The van der Waals surface area contributed by atoms with Crippen LogP contribution in [0.1, 0.15) is 112 Å². The smallest absolute Gasteiger partial charge is 0.302 e. The van der Waals surface area contributed by atoms with Gasteiger partial charge in [-0.15, -0.1) is 0 Å². The van der Waals surface area contributed by atoms with Gasteiger partial charge in [0.15, 0.2) is 0 Å². The van der Waals surface area contributed by atoms with E-state index in [9.17, 15) is 4.79 Å². The number of ether oxygens (including phenoxy) is 2. The lowest BCUT2D eigenvalue weighted by Gasteiger charge is -2.59. The lowest BCUT2D eigenvalue weighted by molar-refractivity contribution is -0.157. The number of fused-ring (bicyclic) bond motifs is 3. The predicted octanol–water partition coefficient (Wildman–Crippen LogP) is 7.17. The summed E-state index contributed by atoms with van der Waals surface area (Å²) in [6, 6.07) is 0. The molecule has 182 valence electrons. The van der Waals surface area contributed by atoms with Crippen molar-refractivity contribution >= 4 is 5.97 Å². The molecule has 0 aromatic rings. The standard InChI is InChI=1S/C29H48O3/c1-18(2)8-7-9-19(3)23-10-11-24-28(23,6)15-13-25-27(5)14-12-22(31-20(4)30)16-21(27)17-26-29(24,25)32-26/h18-19,21-26H,7-17H2,1-6H3/t19-,21+,22+,23-,24-,25-,26-,27+,28-,29+/m1/s1. The van der Waals surface area contributed by atoms with Crippen molar-refractivity contribution in [2.75, 3.05) is 0 Å². The maximum Gasteiger partial charge on any atom is 0.302 e. The Labute approximate surface area is 196 Å². The molecule has 0 unspecified atom stereocenters. The Morgan fingerprint density at radius 2 is 1.69 bits per heavy atom. The summed E-state index contributed by atoms with van der Waals surface area (Å²) in [6.07, 6.45) is 14.8. The summed E-state index contributed by atoms with van der Waals surface area (Å²) < 4.78 is 12.5. The quantitative estimate of drug-likeness (QED) is 0.322. The number of rotatable bonds is 6. The van der Waals surface area contributed by atoms with Crippen LogP contribution in [0.2, 0.25) is 0 Å². The van der Waals surface area contributed by atoms with Gasteiger partial charge in [0.2, 0.25) is 0 Å². The molecular weight excluding hydrogens is 396 g/mol. The third kappa shape index (κ3) is 3.42. The first-order valence-corrected chi connectivity index (χ1v) is 14.0. The molecule has 3 heteroatoms. The van der Waals surface area contributed by atoms with Crippen LogP contribution in [0.3, 0.4) is 0 Å². The molecule has 4 aliphatic carbocycles. The molecule has 1 saturated heterocycles. The maximum atomic E-state index is 11.5. The van der Waals surface area contributed by atoms with Crippen molar-refractivity contribution in [2.24, 2.45) is 46.3 Å². The van der Waals surface area contributed by atoms with Crippen molar-refractivity contribution in [1.82, 2.24) is 0 Å². The SMILES string of the molecule is CC(=O)O[C@H]1CC[C@@]2(C)[C@@H](C1)C[C@H]1O[C@@]13[C@@H]2CC[C@]1(C)[C@@H]([C@H](C)CCCC(C)C)CC[C@H]13. The minimum atomic E-state index is -0.112. The molecule has 32 heavy (non-hydrogen) atoms. The molecule has 0 bridgehead atoms. The summed E-state index contributed by atoms with van der Waals surface area (Å²) in [5.74, 6) is 4.58. The van der Waals surface area contributed by atoms with Crippen molar-refractivity contribution in [3.8, 4) is 0 Å². The Morgan fingerprint density at radius 3 is 2.41 bits per heavy atom. The van der Waals surface area contributed by atoms with Gasteiger partial charge in [-0.3, -0.25) is 4.79 Å². The highest BCUT2D eigenvalue weighted by Crippen LogP contribution is 2.76. The van der Waals surface area contributed by atoms with Crippen LogP contribution in [-0.4, -0.2) is 23.8 Å². The van der Waals surface area contributed by atoms with Crippen molar-refractivity contribution in [2.45, 2.75) is 130 Å². The van der Waals surface area contributed by atoms with E-state index >= 15 is 0 Å². The predicted molar refractivity (Wildman–Crippen MR) is 128 cm³/mol. The normalized spacial score (nSPS) is 50.1. The van der Waals surface area contributed by atoms with Crippen LogP contribution in [0.25, 0.3) is 0 Å². The third-order valence-corrected chi connectivity index (χ3v) is 11.5. The third-order valence-electron chi connectivity index (χ3n) is 11.5. The van der Waals surface area contributed by atoms with Crippen LogP contribution in [0.15, 0.2) is 0 Å². The zero-order chi connectivity index (χ0) is 22.9. The van der Waals surface area contributed by atoms with Gasteiger partial charge < -0.3 is 9.47 Å². The number of carbonyl (C=O) groups excluding carboxylic acids is 1. The highest BCUT2D eigenvalue weighted by atomic mass is 16.6. The fraction of sp³-hybridized carbons (Fsp3) is 0.966. The summed E-state index contributed by atoms with van der Waals surface area (Å²) >= 11 is 0. The monoisotopic (exact) mass is 444 g/mol. The lowest BCUT2D eigenvalue weighted by Crippen LogP contribution is -2.59. The Morgan fingerprint density at radius 1 is 0.969 bits per heavy atom. The molecule has 3 nitrogen and oxygen atoms in total. The first-order chi connectivity index (χ1) is 15.1. The Kier molecular flexibility index (Phi) is 5.79. The van der Waals surface area contributed by atoms with Gasteiger partial charge >= 0.3 is 5.97 Å². The van der Waals surface area contributed by atoms with E-state index in [1.54, 1.807) is 6.92 Å². The summed E-state index contributed by atoms with van der Waals surface area (Å²) in [5.41, 5.74) is 1.02. The van der Waals surface area contributed by atoms with Gasteiger partial charge in [0.05, 0.1) is 6.10 Å². The molecule has 5 aliphatic rings. The summed E-state index contributed by atoms with van der Waals surface area (Å²) in [6.45, 7) is 14.1. The lowest BCUT2D eigenvalue weighted by atomic mass is 9.44. The largest absolute Gasteiger partial charge is 0.463 e. The fourth-order valence-electron chi connectivity index (χ4n) is 9.98. The molecule has 0 radical (unpaired) electrons.